The van der Waals surface area contributed by atoms with E-state index < -0.39 is 11.6 Å². The molecule has 16 heavy (non-hydrogen) atoms. The molecule has 82 valence electrons. The van der Waals surface area contributed by atoms with Crippen LogP contribution in [-0.4, -0.2) is 18.2 Å². The summed E-state index contributed by atoms with van der Waals surface area (Å²) in [6.45, 7) is 0. The molecule has 2 aromatic rings. The first-order chi connectivity index (χ1) is 7.61. The predicted molar refractivity (Wildman–Crippen MR) is 55.5 cm³/mol. The lowest BCUT2D eigenvalue weighted by Crippen LogP contribution is -2.14. The Labute approximate surface area is 89.9 Å². The Bertz CT molecular complexity index is 611. The Morgan fingerprint density at radius 2 is 2.12 bits per heavy atom. The summed E-state index contributed by atoms with van der Waals surface area (Å²) in [5.41, 5.74) is -0.652. The van der Waals surface area contributed by atoms with Gasteiger partial charge in [-0.1, -0.05) is 0 Å². The molecule has 1 aromatic heterocycles. The van der Waals surface area contributed by atoms with Gasteiger partial charge in [0.15, 0.2) is 0 Å². The first kappa shape index (κ1) is 10.2. The maximum atomic E-state index is 11.4. The largest absolute Gasteiger partial charge is 0.508 e. The molecule has 0 radical (unpaired) electrons. The number of hydrogen-bond donors (Lipinski definition) is 1. The second kappa shape index (κ2) is 3.69. The smallest absolute Gasteiger partial charge is 0.351 e. The van der Waals surface area contributed by atoms with Crippen LogP contribution in [-0.2, 0) is 4.74 Å². The van der Waals surface area contributed by atoms with Crippen LogP contribution in [0.3, 0.4) is 0 Å². The zero-order chi connectivity index (χ0) is 11.7. The molecule has 0 aliphatic carbocycles. The van der Waals surface area contributed by atoms with Crippen LogP contribution in [0.4, 0.5) is 0 Å². The van der Waals surface area contributed by atoms with Crippen LogP contribution in [0.2, 0.25) is 0 Å². The molecule has 1 heterocycles. The number of methoxy groups -OCH3 is 1. The summed E-state index contributed by atoms with van der Waals surface area (Å²) in [6, 6.07) is 5.56. The van der Waals surface area contributed by atoms with E-state index in [1.807, 2.05) is 0 Å². The molecular weight excluding hydrogens is 212 g/mol. The van der Waals surface area contributed by atoms with E-state index in [2.05, 4.69) is 4.74 Å². The number of ether oxygens (including phenoxy) is 1. The molecule has 0 bridgehead atoms. The third-order valence-electron chi connectivity index (χ3n) is 2.12. The zero-order valence-electron chi connectivity index (χ0n) is 8.39. The third-order valence-corrected chi connectivity index (χ3v) is 2.12. The molecule has 5 nitrogen and oxygen atoms in total. The second-order valence-electron chi connectivity index (χ2n) is 3.16. The maximum Gasteiger partial charge on any atom is 0.351 e. The summed E-state index contributed by atoms with van der Waals surface area (Å²) >= 11 is 0. The van der Waals surface area contributed by atoms with E-state index in [1.165, 1.54) is 31.4 Å². The van der Waals surface area contributed by atoms with Crippen molar-refractivity contribution in [3.63, 3.8) is 0 Å². The van der Waals surface area contributed by atoms with Crippen LogP contribution >= 0.6 is 0 Å². The third kappa shape index (κ3) is 1.63. The maximum absolute atomic E-state index is 11.4. The summed E-state index contributed by atoms with van der Waals surface area (Å²) in [4.78, 5) is 22.6. The van der Waals surface area contributed by atoms with Crippen LogP contribution in [0.1, 0.15) is 10.4 Å². The molecule has 0 aliphatic heterocycles. The molecule has 0 saturated heterocycles. The van der Waals surface area contributed by atoms with Crippen molar-refractivity contribution in [3.05, 3.63) is 40.2 Å². The molecule has 0 fully saturated rings. The number of hydrogen-bond acceptors (Lipinski definition) is 5. The highest BCUT2D eigenvalue weighted by Crippen LogP contribution is 2.19. The monoisotopic (exact) mass is 220 g/mol. The van der Waals surface area contributed by atoms with Crippen molar-refractivity contribution in [2.45, 2.75) is 0 Å². The number of phenolic OH excluding ortho intramolecular Hbond substituents is 1. The number of aromatic hydroxyl groups is 1. The number of carbonyl (C=O) groups excluding carboxylic acids is 1. The molecule has 0 unspecified atom stereocenters. The quantitative estimate of drug-likeness (QED) is 0.578. The van der Waals surface area contributed by atoms with Crippen molar-refractivity contribution < 1.29 is 19.1 Å². The minimum Gasteiger partial charge on any atom is -0.508 e. The van der Waals surface area contributed by atoms with E-state index in [0.29, 0.717) is 11.0 Å². The van der Waals surface area contributed by atoms with Gasteiger partial charge in [0.2, 0.25) is 0 Å². The fourth-order valence-electron chi connectivity index (χ4n) is 1.36. The Morgan fingerprint density at radius 3 is 2.81 bits per heavy atom. The normalized spacial score (nSPS) is 10.3. The molecular formula is C11H8O5. The van der Waals surface area contributed by atoms with Gasteiger partial charge in [-0.2, -0.15) is 0 Å². The summed E-state index contributed by atoms with van der Waals surface area (Å²) in [5, 5.41) is 9.71. The van der Waals surface area contributed by atoms with Gasteiger partial charge in [0, 0.05) is 5.39 Å². The number of carbonyl (C=O) groups is 1. The first-order valence-electron chi connectivity index (χ1n) is 4.47. The molecule has 2 rings (SSSR count). The van der Waals surface area contributed by atoms with E-state index in [-0.39, 0.29) is 11.3 Å². The second-order valence-corrected chi connectivity index (χ2v) is 3.16. The minimum absolute atomic E-state index is 0.0252. The Morgan fingerprint density at radius 1 is 1.38 bits per heavy atom. The van der Waals surface area contributed by atoms with E-state index in [9.17, 15) is 14.7 Å². The standard InChI is InChI=1S/C11H8O5/c1-15-10(13)8-5-6-4-7(12)2-3-9(6)16-11(8)14/h2-5,12H,1H3. The van der Waals surface area contributed by atoms with Crippen molar-refractivity contribution >= 4 is 16.9 Å². The average Bonchev–Trinajstić information content (AvgIpc) is 2.28. The number of rotatable bonds is 1. The van der Waals surface area contributed by atoms with Crippen molar-refractivity contribution in [1.82, 2.24) is 0 Å². The Kier molecular flexibility index (Phi) is 2.36. The molecule has 0 aliphatic rings. The van der Waals surface area contributed by atoms with Gasteiger partial charge in [-0.15, -0.1) is 0 Å². The van der Waals surface area contributed by atoms with Gasteiger partial charge >= 0.3 is 11.6 Å². The summed E-state index contributed by atoms with van der Waals surface area (Å²) in [6.07, 6.45) is 0. The van der Waals surface area contributed by atoms with Crippen molar-refractivity contribution in [3.8, 4) is 5.75 Å². The van der Waals surface area contributed by atoms with Crippen LogP contribution in [0, 0.1) is 0 Å². The van der Waals surface area contributed by atoms with E-state index in [1.54, 1.807) is 0 Å². The van der Waals surface area contributed by atoms with E-state index >= 15 is 0 Å². The lowest BCUT2D eigenvalue weighted by Gasteiger charge is -2.00. The molecule has 0 spiro atoms. The molecule has 1 N–H and O–H groups in total. The number of phenols is 1. The molecule has 0 amide bonds. The SMILES string of the molecule is COC(=O)c1cc2cc(O)ccc2oc1=O. The van der Waals surface area contributed by atoms with Gasteiger partial charge in [-0.25, -0.2) is 9.59 Å². The van der Waals surface area contributed by atoms with Crippen LogP contribution in [0.15, 0.2) is 33.5 Å². The van der Waals surface area contributed by atoms with Crippen LogP contribution in [0.5, 0.6) is 5.75 Å². The molecule has 0 saturated carbocycles. The zero-order valence-corrected chi connectivity index (χ0v) is 8.39. The van der Waals surface area contributed by atoms with Crippen molar-refractivity contribution in [1.29, 1.82) is 0 Å². The molecule has 5 heteroatoms. The average molecular weight is 220 g/mol. The highest BCUT2D eigenvalue weighted by Gasteiger charge is 2.13. The molecule has 0 atom stereocenters. The fraction of sp³-hybridized carbons (Fsp3) is 0.0909. The number of fused-ring (bicyclic) bond motifs is 1. The lowest BCUT2D eigenvalue weighted by molar-refractivity contribution is 0.0596. The van der Waals surface area contributed by atoms with Gasteiger partial charge < -0.3 is 14.3 Å². The van der Waals surface area contributed by atoms with Crippen molar-refractivity contribution in [2.24, 2.45) is 0 Å². The first-order valence-corrected chi connectivity index (χ1v) is 4.47. The number of esters is 1. The van der Waals surface area contributed by atoms with Gasteiger partial charge in [0.05, 0.1) is 7.11 Å². The minimum atomic E-state index is -0.765. The Balaban J connectivity index is 2.74. The van der Waals surface area contributed by atoms with Crippen LogP contribution < -0.4 is 5.63 Å². The van der Waals surface area contributed by atoms with Gasteiger partial charge in [0.25, 0.3) is 0 Å². The topological polar surface area (TPSA) is 76.7 Å². The Hall–Kier alpha value is -2.30. The summed E-state index contributed by atoms with van der Waals surface area (Å²) in [7, 11) is 1.18. The highest BCUT2D eigenvalue weighted by atomic mass is 16.5. The van der Waals surface area contributed by atoms with Gasteiger partial charge in [-0.05, 0) is 24.3 Å². The van der Waals surface area contributed by atoms with E-state index in [4.69, 9.17) is 4.42 Å². The van der Waals surface area contributed by atoms with Gasteiger partial charge in [0.1, 0.15) is 16.9 Å². The lowest BCUT2D eigenvalue weighted by atomic mass is 10.2. The summed E-state index contributed by atoms with van der Waals surface area (Å²) < 4.78 is 9.34. The van der Waals surface area contributed by atoms with Crippen molar-refractivity contribution in [2.75, 3.05) is 7.11 Å². The highest BCUT2D eigenvalue weighted by molar-refractivity contribution is 5.92. The summed E-state index contributed by atoms with van der Waals surface area (Å²) in [5.74, 6) is -0.740. The van der Waals surface area contributed by atoms with Gasteiger partial charge in [-0.3, -0.25) is 0 Å². The fourth-order valence-corrected chi connectivity index (χ4v) is 1.36. The predicted octanol–water partition coefficient (Wildman–Crippen LogP) is 1.29. The van der Waals surface area contributed by atoms with Crippen LogP contribution in [0.25, 0.3) is 11.0 Å². The molecule has 1 aromatic carbocycles. The van der Waals surface area contributed by atoms with E-state index in [0.717, 1.165) is 0 Å². The number of benzene rings is 1.